The fourth-order valence-electron chi connectivity index (χ4n) is 1.33. The summed E-state index contributed by atoms with van der Waals surface area (Å²) in [7, 11) is -3.43. The minimum Gasteiger partial charge on any atom is -0.507 e. The van der Waals surface area contributed by atoms with E-state index < -0.39 is 9.84 Å². The van der Waals surface area contributed by atoms with Crippen molar-refractivity contribution in [2.75, 3.05) is 5.75 Å². The van der Waals surface area contributed by atoms with Crippen LogP contribution in [0.2, 0.25) is 0 Å². The lowest BCUT2D eigenvalue weighted by molar-refractivity contribution is 0.458. The molecule has 0 bridgehead atoms. The third-order valence-electron chi connectivity index (χ3n) is 2.15. The molecular weight excluding hydrogens is 226 g/mol. The molecule has 0 aliphatic carbocycles. The van der Waals surface area contributed by atoms with E-state index in [4.69, 9.17) is 5.26 Å². The highest BCUT2D eigenvalue weighted by atomic mass is 32.2. The van der Waals surface area contributed by atoms with E-state index in [1.54, 1.807) is 12.1 Å². The summed E-state index contributed by atoms with van der Waals surface area (Å²) >= 11 is 0. The number of sulfone groups is 1. The maximum atomic E-state index is 11.8. The number of hydrogen-bond donors (Lipinski definition) is 1. The van der Waals surface area contributed by atoms with Crippen molar-refractivity contribution >= 4 is 9.84 Å². The summed E-state index contributed by atoms with van der Waals surface area (Å²) in [6, 6.07) is 7.84. The molecule has 1 aromatic rings. The molecule has 0 spiro atoms. The summed E-state index contributed by atoms with van der Waals surface area (Å²) in [6.45, 7) is 0. The molecule has 1 rings (SSSR count). The standard InChI is InChI=1S/C11H13NO3S/c12-8-4-1-5-9-16(14,15)11-7-3-2-6-10(11)13/h2-3,6-7,13H,1,4-5,9H2. The summed E-state index contributed by atoms with van der Waals surface area (Å²) in [4.78, 5) is -0.0352. The van der Waals surface area contributed by atoms with Crippen LogP contribution < -0.4 is 0 Å². The van der Waals surface area contributed by atoms with E-state index >= 15 is 0 Å². The molecule has 5 heteroatoms. The van der Waals surface area contributed by atoms with Crippen LogP contribution in [0.3, 0.4) is 0 Å². The summed E-state index contributed by atoms with van der Waals surface area (Å²) in [5, 5.41) is 17.7. The number of rotatable bonds is 5. The van der Waals surface area contributed by atoms with Crippen LogP contribution in [0.5, 0.6) is 5.75 Å². The highest BCUT2D eigenvalue weighted by Gasteiger charge is 2.17. The van der Waals surface area contributed by atoms with Gasteiger partial charge < -0.3 is 5.11 Å². The van der Waals surface area contributed by atoms with Gasteiger partial charge in [-0.3, -0.25) is 0 Å². The first-order chi connectivity index (χ1) is 7.58. The van der Waals surface area contributed by atoms with Gasteiger partial charge in [0.05, 0.1) is 11.8 Å². The Morgan fingerprint density at radius 1 is 1.25 bits per heavy atom. The molecule has 16 heavy (non-hydrogen) atoms. The Morgan fingerprint density at radius 2 is 1.94 bits per heavy atom. The Kier molecular flexibility index (Phi) is 4.32. The van der Waals surface area contributed by atoms with Crippen molar-refractivity contribution in [3.8, 4) is 11.8 Å². The molecular formula is C11H13NO3S. The van der Waals surface area contributed by atoms with Gasteiger partial charge in [-0.1, -0.05) is 12.1 Å². The van der Waals surface area contributed by atoms with Gasteiger partial charge in [0, 0.05) is 6.42 Å². The summed E-state index contributed by atoms with van der Waals surface area (Å²) in [5.74, 6) is -0.255. The lowest BCUT2D eigenvalue weighted by atomic mass is 10.3. The van der Waals surface area contributed by atoms with E-state index in [1.165, 1.54) is 12.1 Å². The van der Waals surface area contributed by atoms with Gasteiger partial charge in [-0.05, 0) is 25.0 Å². The number of nitrogens with zero attached hydrogens (tertiary/aromatic N) is 1. The predicted octanol–water partition coefficient (Wildman–Crippen LogP) is 1.86. The molecule has 86 valence electrons. The minimum absolute atomic E-state index is 0.0352. The zero-order chi connectivity index (χ0) is 12.0. The van der Waals surface area contributed by atoms with Crippen LogP contribution in [-0.2, 0) is 9.84 Å². The Morgan fingerprint density at radius 3 is 2.56 bits per heavy atom. The average Bonchev–Trinajstić information content (AvgIpc) is 2.25. The maximum absolute atomic E-state index is 11.8. The number of para-hydroxylation sites is 1. The topological polar surface area (TPSA) is 78.2 Å². The molecule has 0 saturated heterocycles. The lowest BCUT2D eigenvalue weighted by Gasteiger charge is -2.05. The van der Waals surface area contributed by atoms with Gasteiger partial charge in [-0.25, -0.2) is 8.42 Å². The van der Waals surface area contributed by atoms with Gasteiger partial charge in [0.15, 0.2) is 9.84 Å². The second-order valence-electron chi connectivity index (χ2n) is 3.40. The zero-order valence-electron chi connectivity index (χ0n) is 8.76. The molecule has 4 nitrogen and oxygen atoms in total. The van der Waals surface area contributed by atoms with Crippen molar-refractivity contribution in [3.63, 3.8) is 0 Å². The lowest BCUT2D eigenvalue weighted by Crippen LogP contribution is -2.06. The Balaban J connectivity index is 2.72. The van der Waals surface area contributed by atoms with E-state index in [-0.39, 0.29) is 16.4 Å². The van der Waals surface area contributed by atoms with Crippen LogP contribution in [0.25, 0.3) is 0 Å². The number of phenolic OH excluding ortho intramolecular Hbond substituents is 1. The van der Waals surface area contributed by atoms with Crippen molar-refractivity contribution < 1.29 is 13.5 Å². The quantitative estimate of drug-likeness (QED) is 0.795. The second kappa shape index (κ2) is 5.52. The Hall–Kier alpha value is -1.54. The van der Waals surface area contributed by atoms with Crippen molar-refractivity contribution in [2.24, 2.45) is 0 Å². The van der Waals surface area contributed by atoms with Crippen molar-refractivity contribution in [3.05, 3.63) is 24.3 Å². The molecule has 0 atom stereocenters. The Labute approximate surface area is 95.1 Å². The van der Waals surface area contributed by atoms with Gasteiger partial charge in [0.2, 0.25) is 0 Å². The first-order valence-electron chi connectivity index (χ1n) is 4.95. The molecule has 1 N–H and O–H groups in total. The van der Waals surface area contributed by atoms with Gasteiger partial charge in [0.25, 0.3) is 0 Å². The first kappa shape index (κ1) is 12.5. The van der Waals surface area contributed by atoms with Crippen molar-refractivity contribution in [2.45, 2.75) is 24.2 Å². The molecule has 0 amide bonds. The molecule has 0 aromatic heterocycles. The zero-order valence-corrected chi connectivity index (χ0v) is 9.57. The van der Waals surface area contributed by atoms with Crippen molar-refractivity contribution in [1.82, 2.24) is 0 Å². The third kappa shape index (κ3) is 3.24. The predicted molar refractivity (Wildman–Crippen MR) is 59.6 cm³/mol. The van der Waals surface area contributed by atoms with Gasteiger partial charge in [-0.15, -0.1) is 0 Å². The minimum atomic E-state index is -3.43. The summed E-state index contributed by atoms with van der Waals surface area (Å²) in [6.07, 6.45) is 1.35. The molecule has 0 fully saturated rings. The number of nitriles is 1. The molecule has 0 heterocycles. The van der Waals surface area contributed by atoms with E-state index in [2.05, 4.69) is 0 Å². The number of hydrogen-bond acceptors (Lipinski definition) is 4. The molecule has 0 unspecified atom stereocenters. The molecule has 0 aliphatic rings. The molecule has 0 aliphatic heterocycles. The molecule has 1 aromatic carbocycles. The third-order valence-corrected chi connectivity index (χ3v) is 3.99. The van der Waals surface area contributed by atoms with Gasteiger partial charge >= 0.3 is 0 Å². The van der Waals surface area contributed by atoms with E-state index in [0.717, 1.165) is 0 Å². The van der Waals surface area contributed by atoms with Crippen LogP contribution in [0.1, 0.15) is 19.3 Å². The first-order valence-corrected chi connectivity index (χ1v) is 6.61. The van der Waals surface area contributed by atoms with Crippen molar-refractivity contribution in [1.29, 1.82) is 5.26 Å². The second-order valence-corrected chi connectivity index (χ2v) is 5.48. The number of unbranched alkanes of at least 4 members (excludes halogenated alkanes) is 2. The van der Waals surface area contributed by atoms with E-state index in [9.17, 15) is 13.5 Å². The van der Waals surface area contributed by atoms with Gasteiger partial charge in [-0.2, -0.15) is 5.26 Å². The van der Waals surface area contributed by atoms with Crippen LogP contribution in [0, 0.1) is 11.3 Å². The van der Waals surface area contributed by atoms with Crippen LogP contribution in [0.15, 0.2) is 29.2 Å². The highest BCUT2D eigenvalue weighted by Crippen LogP contribution is 2.23. The number of aromatic hydroxyl groups is 1. The van der Waals surface area contributed by atoms with E-state index in [0.29, 0.717) is 19.3 Å². The normalized spacial score (nSPS) is 10.9. The molecule has 0 radical (unpaired) electrons. The molecule has 0 saturated carbocycles. The monoisotopic (exact) mass is 239 g/mol. The maximum Gasteiger partial charge on any atom is 0.182 e. The number of phenols is 1. The van der Waals surface area contributed by atoms with Crippen LogP contribution >= 0.6 is 0 Å². The summed E-state index contributed by atoms with van der Waals surface area (Å²) < 4.78 is 23.5. The summed E-state index contributed by atoms with van der Waals surface area (Å²) in [5.41, 5.74) is 0. The van der Waals surface area contributed by atoms with Crippen LogP contribution in [0.4, 0.5) is 0 Å². The fourth-order valence-corrected chi connectivity index (χ4v) is 2.80. The van der Waals surface area contributed by atoms with Crippen LogP contribution in [-0.4, -0.2) is 19.3 Å². The number of benzene rings is 1. The Bertz CT molecular complexity index is 488. The smallest absolute Gasteiger partial charge is 0.182 e. The average molecular weight is 239 g/mol. The fraction of sp³-hybridized carbons (Fsp3) is 0.364. The highest BCUT2D eigenvalue weighted by molar-refractivity contribution is 7.91. The largest absolute Gasteiger partial charge is 0.507 e. The SMILES string of the molecule is N#CCCCCS(=O)(=O)c1ccccc1O. The van der Waals surface area contributed by atoms with Gasteiger partial charge in [0.1, 0.15) is 10.6 Å². The van der Waals surface area contributed by atoms with E-state index in [1.807, 2.05) is 6.07 Å².